The Morgan fingerprint density at radius 1 is 1.25 bits per heavy atom. The van der Waals surface area contributed by atoms with Crippen LogP contribution in [0.4, 0.5) is 0 Å². The zero-order valence-electron chi connectivity index (χ0n) is 9.08. The van der Waals surface area contributed by atoms with Crippen LogP contribution in [0.5, 0.6) is 5.75 Å². The molecule has 0 atom stereocenters. The number of hydrogen-bond donors (Lipinski definition) is 0. The molecule has 0 aliphatic heterocycles. The van der Waals surface area contributed by atoms with Crippen LogP contribution in [-0.4, -0.2) is 6.10 Å². The van der Waals surface area contributed by atoms with E-state index in [0.717, 1.165) is 23.1 Å². The predicted molar refractivity (Wildman–Crippen MR) is 66.4 cm³/mol. The number of nitrogens with zero attached hydrogens (tertiary/aromatic N) is 1. The highest BCUT2D eigenvalue weighted by molar-refractivity contribution is 9.10. The molecule has 1 saturated carbocycles. The standard InChI is InChI=1S/C13H14BrNO/c14-12-7-6-10(9-15)8-13(12)16-11-4-2-1-3-5-11/h6-8,11H,1-5H2. The largest absolute Gasteiger partial charge is 0.489 e. The molecule has 2 rings (SSSR count). The number of nitriles is 1. The normalized spacial score (nSPS) is 16.8. The molecule has 1 aliphatic carbocycles. The van der Waals surface area contributed by atoms with E-state index in [0.29, 0.717) is 11.7 Å². The SMILES string of the molecule is N#Cc1ccc(Br)c(OC2CCCCC2)c1. The molecule has 0 bridgehead atoms. The number of hydrogen-bond acceptors (Lipinski definition) is 2. The van der Waals surface area contributed by atoms with Crippen LogP contribution in [0, 0.1) is 11.3 Å². The van der Waals surface area contributed by atoms with Gasteiger partial charge in [-0.25, -0.2) is 0 Å². The van der Waals surface area contributed by atoms with E-state index in [1.165, 1.54) is 19.3 Å². The van der Waals surface area contributed by atoms with Crippen molar-refractivity contribution < 1.29 is 4.74 Å². The molecule has 16 heavy (non-hydrogen) atoms. The molecule has 0 saturated heterocycles. The van der Waals surface area contributed by atoms with E-state index in [2.05, 4.69) is 22.0 Å². The van der Waals surface area contributed by atoms with Gasteiger partial charge in [-0.1, -0.05) is 6.42 Å². The van der Waals surface area contributed by atoms with Crippen molar-refractivity contribution in [3.05, 3.63) is 28.2 Å². The molecule has 0 unspecified atom stereocenters. The van der Waals surface area contributed by atoms with Gasteiger partial charge in [0.2, 0.25) is 0 Å². The van der Waals surface area contributed by atoms with Gasteiger partial charge in [-0.3, -0.25) is 0 Å². The first kappa shape index (κ1) is 11.5. The molecule has 1 aromatic carbocycles. The minimum Gasteiger partial charge on any atom is -0.489 e. The molecule has 1 aliphatic rings. The molecule has 0 spiro atoms. The molecule has 0 radical (unpaired) electrons. The topological polar surface area (TPSA) is 33.0 Å². The minimum atomic E-state index is 0.319. The van der Waals surface area contributed by atoms with Gasteiger partial charge in [0.05, 0.1) is 22.2 Å². The molecule has 84 valence electrons. The Bertz CT molecular complexity index is 405. The Balaban J connectivity index is 2.10. The van der Waals surface area contributed by atoms with Crippen LogP contribution in [0.3, 0.4) is 0 Å². The Hall–Kier alpha value is -1.01. The van der Waals surface area contributed by atoms with E-state index in [1.54, 1.807) is 12.1 Å². The van der Waals surface area contributed by atoms with Gasteiger partial charge in [-0.15, -0.1) is 0 Å². The molecule has 0 heterocycles. The lowest BCUT2D eigenvalue weighted by molar-refractivity contribution is 0.154. The number of rotatable bonds is 2. The van der Waals surface area contributed by atoms with Crippen molar-refractivity contribution in [2.75, 3.05) is 0 Å². The van der Waals surface area contributed by atoms with Gasteiger partial charge in [0, 0.05) is 0 Å². The van der Waals surface area contributed by atoms with Crippen LogP contribution in [0.1, 0.15) is 37.7 Å². The summed E-state index contributed by atoms with van der Waals surface area (Å²) >= 11 is 3.45. The quantitative estimate of drug-likeness (QED) is 0.819. The van der Waals surface area contributed by atoms with Crippen molar-refractivity contribution in [3.63, 3.8) is 0 Å². The van der Waals surface area contributed by atoms with Crippen LogP contribution < -0.4 is 4.74 Å². The first-order valence-corrected chi connectivity index (χ1v) is 6.45. The summed E-state index contributed by atoms with van der Waals surface area (Å²) < 4.78 is 6.86. The maximum atomic E-state index is 8.84. The summed E-state index contributed by atoms with van der Waals surface area (Å²) in [5, 5.41) is 8.84. The number of halogens is 1. The highest BCUT2D eigenvalue weighted by Gasteiger charge is 2.16. The van der Waals surface area contributed by atoms with Gasteiger partial charge < -0.3 is 4.74 Å². The molecule has 0 aromatic heterocycles. The Labute approximate surface area is 104 Å². The lowest BCUT2D eigenvalue weighted by Gasteiger charge is -2.23. The maximum absolute atomic E-state index is 8.84. The van der Waals surface area contributed by atoms with Gasteiger partial charge >= 0.3 is 0 Å². The molecular formula is C13H14BrNO. The van der Waals surface area contributed by atoms with E-state index >= 15 is 0 Å². The fourth-order valence-corrected chi connectivity index (χ4v) is 2.37. The smallest absolute Gasteiger partial charge is 0.135 e. The molecule has 1 fully saturated rings. The number of ether oxygens (including phenoxy) is 1. The third kappa shape index (κ3) is 2.76. The highest BCUT2D eigenvalue weighted by Crippen LogP contribution is 2.30. The second-order valence-electron chi connectivity index (χ2n) is 4.13. The fraction of sp³-hybridized carbons (Fsp3) is 0.462. The van der Waals surface area contributed by atoms with Crippen molar-refractivity contribution in [2.45, 2.75) is 38.2 Å². The second kappa shape index (κ2) is 5.36. The first-order chi connectivity index (χ1) is 7.79. The average Bonchev–Trinajstić information content (AvgIpc) is 2.33. The van der Waals surface area contributed by atoms with Crippen LogP contribution in [-0.2, 0) is 0 Å². The molecular weight excluding hydrogens is 266 g/mol. The third-order valence-corrected chi connectivity index (χ3v) is 3.56. The highest BCUT2D eigenvalue weighted by atomic mass is 79.9. The van der Waals surface area contributed by atoms with Gasteiger partial charge in [0.15, 0.2) is 0 Å². The Kier molecular flexibility index (Phi) is 3.84. The van der Waals surface area contributed by atoms with Crippen molar-refractivity contribution >= 4 is 15.9 Å². The number of benzene rings is 1. The van der Waals surface area contributed by atoms with Crippen molar-refractivity contribution in [1.29, 1.82) is 5.26 Å². The summed E-state index contributed by atoms with van der Waals surface area (Å²) in [5.41, 5.74) is 0.647. The molecule has 0 N–H and O–H groups in total. The monoisotopic (exact) mass is 279 g/mol. The zero-order chi connectivity index (χ0) is 11.4. The van der Waals surface area contributed by atoms with Gasteiger partial charge in [0.1, 0.15) is 5.75 Å². The van der Waals surface area contributed by atoms with E-state index in [9.17, 15) is 0 Å². The summed E-state index contributed by atoms with van der Waals surface area (Å²) in [5.74, 6) is 0.797. The first-order valence-electron chi connectivity index (χ1n) is 5.66. The molecule has 3 heteroatoms. The van der Waals surface area contributed by atoms with E-state index in [4.69, 9.17) is 10.00 Å². The lowest BCUT2D eigenvalue weighted by Crippen LogP contribution is -2.19. The van der Waals surface area contributed by atoms with Crippen LogP contribution in [0.15, 0.2) is 22.7 Å². The summed E-state index contributed by atoms with van der Waals surface area (Å²) in [7, 11) is 0. The summed E-state index contributed by atoms with van der Waals surface area (Å²) in [6.07, 6.45) is 6.39. The van der Waals surface area contributed by atoms with Crippen LogP contribution >= 0.6 is 15.9 Å². The average molecular weight is 280 g/mol. The van der Waals surface area contributed by atoms with Gasteiger partial charge in [0.25, 0.3) is 0 Å². The van der Waals surface area contributed by atoms with Crippen LogP contribution in [0.25, 0.3) is 0 Å². The Morgan fingerprint density at radius 2 is 2.00 bits per heavy atom. The predicted octanol–water partition coefficient (Wildman–Crippen LogP) is 4.03. The van der Waals surface area contributed by atoms with E-state index in [1.807, 2.05) is 6.07 Å². The summed E-state index contributed by atoms with van der Waals surface area (Å²) in [6, 6.07) is 7.60. The van der Waals surface area contributed by atoms with E-state index < -0.39 is 0 Å². The third-order valence-electron chi connectivity index (χ3n) is 2.91. The summed E-state index contributed by atoms with van der Waals surface area (Å²) in [6.45, 7) is 0. The maximum Gasteiger partial charge on any atom is 0.135 e. The van der Waals surface area contributed by atoms with Gasteiger partial charge in [-0.2, -0.15) is 5.26 Å². The van der Waals surface area contributed by atoms with Crippen molar-refractivity contribution in [2.24, 2.45) is 0 Å². The molecule has 0 amide bonds. The van der Waals surface area contributed by atoms with E-state index in [-0.39, 0.29) is 0 Å². The van der Waals surface area contributed by atoms with Gasteiger partial charge in [-0.05, 0) is 59.8 Å². The second-order valence-corrected chi connectivity index (χ2v) is 4.99. The molecule has 2 nitrogen and oxygen atoms in total. The lowest BCUT2D eigenvalue weighted by atomic mass is 9.98. The zero-order valence-corrected chi connectivity index (χ0v) is 10.7. The minimum absolute atomic E-state index is 0.319. The molecule has 1 aromatic rings. The Morgan fingerprint density at radius 3 is 2.69 bits per heavy atom. The fourth-order valence-electron chi connectivity index (χ4n) is 2.03. The van der Waals surface area contributed by atoms with Crippen molar-refractivity contribution in [1.82, 2.24) is 0 Å². The van der Waals surface area contributed by atoms with Crippen molar-refractivity contribution in [3.8, 4) is 11.8 Å². The summed E-state index contributed by atoms with van der Waals surface area (Å²) in [4.78, 5) is 0. The van der Waals surface area contributed by atoms with Crippen LogP contribution in [0.2, 0.25) is 0 Å².